The highest BCUT2D eigenvalue weighted by molar-refractivity contribution is 5.77. The molecule has 0 spiro atoms. The molecule has 0 unspecified atom stereocenters. The van der Waals surface area contributed by atoms with Gasteiger partial charge >= 0.3 is 0 Å². The lowest BCUT2D eigenvalue weighted by Crippen LogP contribution is -2.29. The molecule has 0 amide bonds. The van der Waals surface area contributed by atoms with E-state index in [1.807, 2.05) is 18.5 Å². The minimum Gasteiger partial charge on any atom is -0.329 e. The highest BCUT2D eigenvalue weighted by Gasteiger charge is 2.16. The van der Waals surface area contributed by atoms with Crippen LogP contribution >= 0.6 is 0 Å². The van der Waals surface area contributed by atoms with Crippen molar-refractivity contribution in [1.82, 2.24) is 30.0 Å². The van der Waals surface area contributed by atoms with Crippen molar-refractivity contribution in [2.24, 2.45) is 0 Å². The van der Waals surface area contributed by atoms with Gasteiger partial charge in [-0.15, -0.1) is 0 Å². The van der Waals surface area contributed by atoms with E-state index >= 15 is 0 Å². The number of piperidine rings is 1. The first kappa shape index (κ1) is 11.6. The predicted molar refractivity (Wildman–Crippen MR) is 76.3 cm³/mol. The SMILES string of the molecule is c1nc2cc(-c3cnn(C4CCNCC4)c3)cnc2[nH]1. The number of aromatic nitrogens is 5. The average Bonchev–Trinajstić information content (AvgIpc) is 3.16. The zero-order valence-corrected chi connectivity index (χ0v) is 11.1. The number of pyridine rings is 1. The van der Waals surface area contributed by atoms with Gasteiger partial charge in [0.2, 0.25) is 0 Å². The third-order valence-corrected chi connectivity index (χ3v) is 3.89. The fourth-order valence-corrected chi connectivity index (χ4v) is 2.74. The Bertz CT molecular complexity index is 722. The first-order valence-corrected chi connectivity index (χ1v) is 6.94. The monoisotopic (exact) mass is 268 g/mol. The minimum atomic E-state index is 0.507. The van der Waals surface area contributed by atoms with Crippen LogP contribution in [0, 0.1) is 0 Å². The van der Waals surface area contributed by atoms with Gasteiger partial charge in [-0.05, 0) is 32.0 Å². The van der Waals surface area contributed by atoms with Crippen molar-refractivity contribution in [3.63, 3.8) is 0 Å². The number of imidazole rings is 1. The fraction of sp³-hybridized carbons (Fsp3) is 0.357. The van der Waals surface area contributed by atoms with Gasteiger partial charge in [0.15, 0.2) is 5.65 Å². The maximum atomic E-state index is 4.52. The van der Waals surface area contributed by atoms with Crippen LogP contribution < -0.4 is 5.32 Å². The Labute approximate surface area is 116 Å². The number of nitrogens with one attached hydrogen (secondary N) is 2. The van der Waals surface area contributed by atoms with E-state index in [1.54, 1.807) is 6.33 Å². The van der Waals surface area contributed by atoms with Gasteiger partial charge < -0.3 is 10.3 Å². The third-order valence-electron chi connectivity index (χ3n) is 3.89. The Kier molecular flexibility index (Phi) is 2.74. The van der Waals surface area contributed by atoms with E-state index < -0.39 is 0 Å². The molecule has 0 aromatic carbocycles. The van der Waals surface area contributed by atoms with Crippen LogP contribution in [0.1, 0.15) is 18.9 Å². The van der Waals surface area contributed by atoms with Crippen molar-refractivity contribution < 1.29 is 0 Å². The van der Waals surface area contributed by atoms with Crippen molar-refractivity contribution >= 4 is 11.2 Å². The highest BCUT2D eigenvalue weighted by atomic mass is 15.3. The molecule has 2 N–H and O–H groups in total. The van der Waals surface area contributed by atoms with Gasteiger partial charge in [-0.25, -0.2) is 9.97 Å². The summed E-state index contributed by atoms with van der Waals surface area (Å²) in [6.45, 7) is 2.14. The topological polar surface area (TPSA) is 71.4 Å². The van der Waals surface area contributed by atoms with Gasteiger partial charge in [-0.3, -0.25) is 4.68 Å². The Morgan fingerprint density at radius 1 is 1.10 bits per heavy atom. The molecule has 4 rings (SSSR count). The maximum Gasteiger partial charge on any atom is 0.157 e. The smallest absolute Gasteiger partial charge is 0.157 e. The van der Waals surface area contributed by atoms with E-state index in [-0.39, 0.29) is 0 Å². The largest absolute Gasteiger partial charge is 0.329 e. The molecule has 6 nitrogen and oxygen atoms in total. The van der Waals surface area contributed by atoms with E-state index in [4.69, 9.17) is 0 Å². The lowest BCUT2D eigenvalue weighted by Gasteiger charge is -2.22. The van der Waals surface area contributed by atoms with E-state index in [2.05, 4.69) is 36.2 Å². The summed E-state index contributed by atoms with van der Waals surface area (Å²) in [7, 11) is 0. The average molecular weight is 268 g/mol. The van der Waals surface area contributed by atoms with Gasteiger partial charge in [0.1, 0.15) is 5.52 Å². The first-order valence-electron chi connectivity index (χ1n) is 6.94. The third kappa shape index (κ3) is 1.98. The second kappa shape index (κ2) is 4.72. The minimum absolute atomic E-state index is 0.507. The molecular formula is C14H16N6. The van der Waals surface area contributed by atoms with Crippen LogP contribution in [0.4, 0.5) is 0 Å². The van der Waals surface area contributed by atoms with E-state index in [1.165, 1.54) is 0 Å². The lowest BCUT2D eigenvalue weighted by atomic mass is 10.1. The van der Waals surface area contributed by atoms with Gasteiger partial charge in [-0.1, -0.05) is 0 Å². The van der Waals surface area contributed by atoms with Crippen LogP contribution in [0.3, 0.4) is 0 Å². The molecule has 4 heterocycles. The Balaban J connectivity index is 1.66. The molecule has 3 aromatic heterocycles. The summed E-state index contributed by atoms with van der Waals surface area (Å²) in [6.07, 6.45) is 9.84. The summed E-state index contributed by atoms with van der Waals surface area (Å²) in [6, 6.07) is 2.55. The number of rotatable bonds is 2. The van der Waals surface area contributed by atoms with Gasteiger partial charge in [0.25, 0.3) is 0 Å². The Hall–Kier alpha value is -2.21. The lowest BCUT2D eigenvalue weighted by molar-refractivity contribution is 0.343. The van der Waals surface area contributed by atoms with Gasteiger partial charge in [0.05, 0.1) is 18.6 Å². The molecule has 1 aliphatic rings. The first-order chi connectivity index (χ1) is 9.90. The second-order valence-electron chi connectivity index (χ2n) is 5.18. The number of aromatic amines is 1. The molecule has 3 aromatic rings. The molecule has 102 valence electrons. The van der Waals surface area contributed by atoms with Crippen LogP contribution in [0.5, 0.6) is 0 Å². The van der Waals surface area contributed by atoms with E-state index in [0.29, 0.717) is 6.04 Å². The summed E-state index contributed by atoms with van der Waals surface area (Å²) in [5, 5.41) is 7.89. The molecule has 1 aliphatic heterocycles. The van der Waals surface area contributed by atoms with Crippen LogP contribution in [-0.4, -0.2) is 37.8 Å². The molecule has 1 saturated heterocycles. The molecule has 6 heteroatoms. The normalized spacial score (nSPS) is 16.8. The van der Waals surface area contributed by atoms with Gasteiger partial charge in [0, 0.05) is 23.5 Å². The van der Waals surface area contributed by atoms with Crippen LogP contribution in [0.25, 0.3) is 22.3 Å². The van der Waals surface area contributed by atoms with E-state index in [0.717, 1.165) is 48.2 Å². The predicted octanol–water partition coefficient (Wildman–Crippen LogP) is 1.75. The molecule has 0 aliphatic carbocycles. The molecule has 0 saturated carbocycles. The molecule has 20 heavy (non-hydrogen) atoms. The zero-order valence-electron chi connectivity index (χ0n) is 11.1. The summed E-state index contributed by atoms with van der Waals surface area (Å²) in [4.78, 5) is 11.6. The van der Waals surface area contributed by atoms with Crippen molar-refractivity contribution in [3.05, 3.63) is 31.0 Å². The number of hydrogen-bond donors (Lipinski definition) is 2. The maximum absolute atomic E-state index is 4.52. The number of hydrogen-bond acceptors (Lipinski definition) is 4. The molecular weight excluding hydrogens is 252 g/mol. The number of nitrogens with zero attached hydrogens (tertiary/aromatic N) is 4. The van der Waals surface area contributed by atoms with Crippen molar-refractivity contribution in [1.29, 1.82) is 0 Å². The van der Waals surface area contributed by atoms with Crippen LogP contribution in [0.2, 0.25) is 0 Å². The fourth-order valence-electron chi connectivity index (χ4n) is 2.74. The van der Waals surface area contributed by atoms with Crippen molar-refractivity contribution in [2.75, 3.05) is 13.1 Å². The molecule has 0 radical (unpaired) electrons. The quantitative estimate of drug-likeness (QED) is 0.742. The number of fused-ring (bicyclic) bond motifs is 1. The Morgan fingerprint density at radius 3 is 2.90 bits per heavy atom. The van der Waals surface area contributed by atoms with Crippen molar-refractivity contribution in [2.45, 2.75) is 18.9 Å². The standard InChI is InChI=1S/C14H16N6/c1-3-15-4-2-12(1)20-8-11(7-19-20)10-5-13-14(16-6-10)18-9-17-13/h5-9,12,15H,1-4H2,(H,16,17,18). The summed E-state index contributed by atoms with van der Waals surface area (Å²) in [5.41, 5.74) is 3.86. The molecule has 0 atom stereocenters. The molecule has 0 bridgehead atoms. The van der Waals surface area contributed by atoms with Crippen LogP contribution in [-0.2, 0) is 0 Å². The highest BCUT2D eigenvalue weighted by Crippen LogP contribution is 2.24. The summed E-state index contributed by atoms with van der Waals surface area (Å²) < 4.78 is 2.09. The second-order valence-corrected chi connectivity index (χ2v) is 5.18. The van der Waals surface area contributed by atoms with Crippen molar-refractivity contribution in [3.8, 4) is 11.1 Å². The number of H-pyrrole nitrogens is 1. The molecule has 1 fully saturated rings. The summed E-state index contributed by atoms with van der Waals surface area (Å²) in [5.74, 6) is 0. The zero-order chi connectivity index (χ0) is 13.4. The summed E-state index contributed by atoms with van der Waals surface area (Å²) >= 11 is 0. The van der Waals surface area contributed by atoms with E-state index in [9.17, 15) is 0 Å². The van der Waals surface area contributed by atoms with Gasteiger partial charge in [-0.2, -0.15) is 5.10 Å². The Morgan fingerprint density at radius 2 is 2.00 bits per heavy atom. The van der Waals surface area contributed by atoms with Crippen LogP contribution in [0.15, 0.2) is 31.0 Å².